The molecule has 3 saturated heterocycles. The Morgan fingerprint density at radius 3 is 2.63 bits per heavy atom. The van der Waals surface area contributed by atoms with Crippen LogP contribution < -0.4 is 0 Å². The molecule has 0 radical (unpaired) electrons. The number of benzene rings is 1. The predicted molar refractivity (Wildman–Crippen MR) is 157 cm³/mol. The molecule has 1 spiro atoms. The molecule has 41 heavy (non-hydrogen) atoms. The minimum absolute atomic E-state index is 0.148. The molecule has 1 aromatic carbocycles. The zero-order valence-electron chi connectivity index (χ0n) is 24.3. The molecule has 3 aromatic rings. The summed E-state index contributed by atoms with van der Waals surface area (Å²) >= 11 is 1.60. The molecule has 3 aliphatic heterocycles. The van der Waals surface area contributed by atoms with Crippen molar-refractivity contribution in [2.24, 2.45) is 0 Å². The SMILES string of the molecule is CSc1ncnn2c([C@H]3C[C@H](OC(C)(C)O)[C@@H](CN4CCCC45CCN(CCc4ccc(F)cc4)CC5)O3)ccc12. The second-order valence-corrected chi connectivity index (χ2v) is 13.1. The predicted octanol–water partition coefficient (Wildman–Crippen LogP) is 4.71. The number of piperidine rings is 1. The van der Waals surface area contributed by atoms with Crippen molar-refractivity contribution in [3.8, 4) is 0 Å². The van der Waals surface area contributed by atoms with Gasteiger partial charge >= 0.3 is 0 Å². The lowest BCUT2D eigenvalue weighted by atomic mass is 9.84. The summed E-state index contributed by atoms with van der Waals surface area (Å²) in [6, 6.07) is 11.0. The van der Waals surface area contributed by atoms with Crippen molar-refractivity contribution in [1.29, 1.82) is 0 Å². The average molecular weight is 584 g/mol. The van der Waals surface area contributed by atoms with E-state index in [4.69, 9.17) is 9.47 Å². The molecule has 10 heteroatoms. The first-order chi connectivity index (χ1) is 19.7. The standard InChI is InChI=1S/C31H42FN5O3S/c1-30(2,38)40-27-19-26(24-9-10-25-29(41-3)33-21-34-37(24)25)39-28(27)20-36-15-4-12-31(36)13-17-35(18-14-31)16-11-22-5-7-23(32)8-6-22/h5-10,21,26-28,38H,4,11-20H2,1-3H3/t26-,27+,28-/m1/s1. The molecule has 1 N–H and O–H groups in total. The summed E-state index contributed by atoms with van der Waals surface area (Å²) < 4.78 is 28.2. The van der Waals surface area contributed by atoms with E-state index in [1.54, 1.807) is 44.1 Å². The number of rotatable bonds is 9. The minimum atomic E-state index is -1.24. The van der Waals surface area contributed by atoms with E-state index in [0.29, 0.717) is 6.42 Å². The number of hydrogen-bond donors (Lipinski definition) is 1. The Morgan fingerprint density at radius 2 is 1.90 bits per heavy atom. The van der Waals surface area contributed by atoms with Crippen molar-refractivity contribution in [2.75, 3.05) is 39.0 Å². The van der Waals surface area contributed by atoms with Gasteiger partial charge in [-0.2, -0.15) is 5.10 Å². The second-order valence-electron chi connectivity index (χ2n) is 12.3. The average Bonchev–Trinajstić information content (AvgIpc) is 3.66. The third-order valence-corrected chi connectivity index (χ3v) is 9.87. The summed E-state index contributed by atoms with van der Waals surface area (Å²) in [6.07, 6.45) is 9.37. The van der Waals surface area contributed by atoms with Gasteiger partial charge in [-0.3, -0.25) is 4.90 Å². The Balaban J connectivity index is 1.13. The van der Waals surface area contributed by atoms with Crippen molar-refractivity contribution in [1.82, 2.24) is 24.4 Å². The molecule has 5 heterocycles. The van der Waals surface area contributed by atoms with Crippen molar-refractivity contribution in [3.63, 3.8) is 0 Å². The van der Waals surface area contributed by atoms with E-state index in [2.05, 4.69) is 32.0 Å². The van der Waals surface area contributed by atoms with Crippen LogP contribution in [-0.2, 0) is 15.9 Å². The lowest BCUT2D eigenvalue weighted by Gasteiger charge is -2.46. The van der Waals surface area contributed by atoms with Gasteiger partial charge in [-0.15, -0.1) is 11.8 Å². The van der Waals surface area contributed by atoms with Crippen LogP contribution in [0.15, 0.2) is 47.8 Å². The third-order valence-electron chi connectivity index (χ3n) is 9.17. The molecular weight excluding hydrogens is 541 g/mol. The van der Waals surface area contributed by atoms with Crippen molar-refractivity contribution >= 4 is 17.3 Å². The second kappa shape index (κ2) is 11.9. The topological polar surface area (TPSA) is 75.4 Å². The maximum Gasteiger partial charge on any atom is 0.160 e. The summed E-state index contributed by atoms with van der Waals surface area (Å²) in [5, 5.41) is 16.1. The van der Waals surface area contributed by atoms with E-state index in [1.807, 2.05) is 22.9 Å². The van der Waals surface area contributed by atoms with Gasteiger partial charge in [-0.25, -0.2) is 13.9 Å². The number of aliphatic hydroxyl groups is 1. The molecule has 222 valence electrons. The highest BCUT2D eigenvalue weighted by atomic mass is 32.2. The molecule has 3 fully saturated rings. The summed E-state index contributed by atoms with van der Waals surface area (Å²) in [4.78, 5) is 9.61. The van der Waals surface area contributed by atoms with Crippen LogP contribution in [0.4, 0.5) is 4.39 Å². The Labute approximate surface area is 246 Å². The van der Waals surface area contributed by atoms with Crippen LogP contribution >= 0.6 is 11.8 Å². The molecule has 2 aromatic heterocycles. The van der Waals surface area contributed by atoms with Crippen molar-refractivity contribution in [3.05, 3.63) is 59.8 Å². The molecule has 0 amide bonds. The number of aromatic nitrogens is 3. The fourth-order valence-corrected chi connectivity index (χ4v) is 7.60. The molecule has 0 bridgehead atoms. The van der Waals surface area contributed by atoms with Gasteiger partial charge in [0.15, 0.2) is 5.79 Å². The van der Waals surface area contributed by atoms with Gasteiger partial charge in [-0.05, 0) is 102 Å². The Morgan fingerprint density at radius 1 is 1.12 bits per heavy atom. The minimum Gasteiger partial charge on any atom is -0.366 e. The molecule has 3 aliphatic rings. The van der Waals surface area contributed by atoms with Gasteiger partial charge < -0.3 is 19.5 Å². The summed E-state index contributed by atoms with van der Waals surface area (Å²) in [6.45, 7) is 8.40. The van der Waals surface area contributed by atoms with Gasteiger partial charge in [0.05, 0.1) is 23.4 Å². The molecular formula is C31H42FN5O3S. The zero-order valence-corrected chi connectivity index (χ0v) is 25.2. The first-order valence-corrected chi connectivity index (χ1v) is 16.1. The Kier molecular flexibility index (Phi) is 8.42. The highest BCUT2D eigenvalue weighted by molar-refractivity contribution is 7.98. The monoisotopic (exact) mass is 583 g/mol. The van der Waals surface area contributed by atoms with Crippen LogP contribution in [0.1, 0.15) is 63.3 Å². The zero-order chi connectivity index (χ0) is 28.6. The normalized spacial score (nSPS) is 25.5. The van der Waals surface area contributed by atoms with E-state index in [9.17, 15) is 9.50 Å². The smallest absolute Gasteiger partial charge is 0.160 e. The van der Waals surface area contributed by atoms with Gasteiger partial charge in [0.1, 0.15) is 23.3 Å². The van der Waals surface area contributed by atoms with Crippen LogP contribution in [-0.4, -0.2) is 92.0 Å². The molecule has 0 aliphatic carbocycles. The molecule has 0 unspecified atom stereocenters. The number of ether oxygens (including phenoxy) is 2. The van der Waals surface area contributed by atoms with E-state index in [1.165, 1.54) is 18.4 Å². The van der Waals surface area contributed by atoms with Crippen LogP contribution in [0.5, 0.6) is 0 Å². The fourth-order valence-electron chi connectivity index (χ4n) is 7.09. The quantitative estimate of drug-likeness (QED) is 0.287. The number of likely N-dealkylation sites (tertiary alicyclic amines) is 2. The highest BCUT2D eigenvalue weighted by Crippen LogP contribution is 2.42. The molecule has 0 saturated carbocycles. The number of thioether (sulfide) groups is 1. The molecule has 6 rings (SSSR count). The van der Waals surface area contributed by atoms with Crippen LogP contribution in [0, 0.1) is 5.82 Å². The maximum atomic E-state index is 13.3. The van der Waals surface area contributed by atoms with Gasteiger partial charge in [0.25, 0.3) is 0 Å². The van der Waals surface area contributed by atoms with Crippen molar-refractivity contribution < 1.29 is 19.0 Å². The number of hydrogen-bond acceptors (Lipinski definition) is 8. The van der Waals surface area contributed by atoms with Crippen LogP contribution in [0.2, 0.25) is 0 Å². The summed E-state index contributed by atoms with van der Waals surface area (Å²) in [7, 11) is 0. The van der Waals surface area contributed by atoms with E-state index < -0.39 is 5.79 Å². The largest absolute Gasteiger partial charge is 0.366 e. The van der Waals surface area contributed by atoms with Gasteiger partial charge in [0, 0.05) is 25.0 Å². The Bertz CT molecular complexity index is 1320. The fraction of sp³-hybridized carbons (Fsp3) is 0.613. The molecule has 8 nitrogen and oxygen atoms in total. The number of fused-ring (bicyclic) bond motifs is 1. The number of halogens is 1. The van der Waals surface area contributed by atoms with Gasteiger partial charge in [-0.1, -0.05) is 12.1 Å². The Hall–Kier alpha value is -2.08. The van der Waals surface area contributed by atoms with Crippen LogP contribution in [0.25, 0.3) is 5.52 Å². The van der Waals surface area contributed by atoms with Crippen molar-refractivity contribution in [2.45, 2.75) is 87.0 Å². The highest BCUT2D eigenvalue weighted by Gasteiger charge is 2.47. The van der Waals surface area contributed by atoms with E-state index in [-0.39, 0.29) is 29.7 Å². The first kappa shape index (κ1) is 29.0. The van der Waals surface area contributed by atoms with Gasteiger partial charge in [0.2, 0.25) is 0 Å². The first-order valence-electron chi connectivity index (χ1n) is 14.9. The summed E-state index contributed by atoms with van der Waals surface area (Å²) in [5.74, 6) is -1.42. The van der Waals surface area contributed by atoms with E-state index >= 15 is 0 Å². The number of nitrogens with zero attached hydrogens (tertiary/aromatic N) is 5. The summed E-state index contributed by atoms with van der Waals surface area (Å²) in [5.41, 5.74) is 3.35. The van der Waals surface area contributed by atoms with Crippen LogP contribution in [0.3, 0.4) is 0 Å². The van der Waals surface area contributed by atoms with E-state index in [0.717, 1.165) is 68.2 Å². The lowest BCUT2D eigenvalue weighted by Crippen LogP contribution is -2.55. The molecule has 3 atom stereocenters. The maximum absolute atomic E-state index is 13.3. The lowest BCUT2D eigenvalue weighted by molar-refractivity contribution is -0.216. The third kappa shape index (κ3) is 6.33.